The summed E-state index contributed by atoms with van der Waals surface area (Å²) < 4.78 is 0. The highest BCUT2D eigenvalue weighted by Gasteiger charge is 2.21. The molecule has 0 bridgehead atoms. The predicted octanol–water partition coefficient (Wildman–Crippen LogP) is 3.69. The number of benzene rings is 1. The topological polar surface area (TPSA) is 66.4 Å². The van der Waals surface area contributed by atoms with Crippen molar-refractivity contribution in [3.8, 4) is 11.1 Å². The fourth-order valence-electron chi connectivity index (χ4n) is 2.14. The number of rotatable bonds is 3. The molecular formula is C15H15NO3S. The highest BCUT2D eigenvalue weighted by atomic mass is 32.1. The molecule has 0 saturated carbocycles. The Morgan fingerprint density at radius 1 is 1.20 bits per heavy atom. The van der Waals surface area contributed by atoms with Crippen LogP contribution in [0, 0.1) is 13.8 Å². The second-order valence-electron chi connectivity index (χ2n) is 4.66. The summed E-state index contributed by atoms with van der Waals surface area (Å²) in [5.74, 6) is -1.31. The van der Waals surface area contributed by atoms with Crippen LogP contribution >= 0.6 is 11.3 Å². The summed E-state index contributed by atoms with van der Waals surface area (Å²) in [5, 5.41) is 14.1. The first kappa shape index (κ1) is 14.3. The molecular weight excluding hydrogens is 274 g/mol. The number of nitrogens with one attached hydrogen (secondary N) is 1. The summed E-state index contributed by atoms with van der Waals surface area (Å²) in [5.41, 5.74) is 3.81. The van der Waals surface area contributed by atoms with Crippen molar-refractivity contribution in [1.82, 2.24) is 0 Å². The molecule has 0 aliphatic carbocycles. The van der Waals surface area contributed by atoms with Crippen molar-refractivity contribution in [2.75, 3.05) is 5.32 Å². The van der Waals surface area contributed by atoms with E-state index in [1.165, 1.54) is 18.3 Å². The van der Waals surface area contributed by atoms with Gasteiger partial charge in [-0.1, -0.05) is 23.8 Å². The van der Waals surface area contributed by atoms with E-state index in [2.05, 4.69) is 5.32 Å². The van der Waals surface area contributed by atoms with E-state index in [0.29, 0.717) is 10.6 Å². The molecule has 0 unspecified atom stereocenters. The smallest absolute Gasteiger partial charge is 0.339 e. The second-order valence-corrected chi connectivity index (χ2v) is 5.54. The van der Waals surface area contributed by atoms with Crippen LogP contribution in [-0.2, 0) is 4.79 Å². The summed E-state index contributed by atoms with van der Waals surface area (Å²) in [6.45, 7) is 5.30. The van der Waals surface area contributed by atoms with Crippen LogP contribution in [0.1, 0.15) is 28.4 Å². The summed E-state index contributed by atoms with van der Waals surface area (Å²) in [7, 11) is 0. The lowest BCUT2D eigenvalue weighted by atomic mass is 9.98. The van der Waals surface area contributed by atoms with Gasteiger partial charge in [0.1, 0.15) is 10.6 Å². The number of carbonyl (C=O) groups is 2. The van der Waals surface area contributed by atoms with Gasteiger partial charge in [0.2, 0.25) is 5.91 Å². The summed E-state index contributed by atoms with van der Waals surface area (Å²) in [4.78, 5) is 22.6. The van der Waals surface area contributed by atoms with E-state index in [4.69, 9.17) is 0 Å². The molecule has 2 rings (SSSR count). The zero-order valence-electron chi connectivity index (χ0n) is 11.5. The molecule has 2 N–H and O–H groups in total. The maximum absolute atomic E-state index is 11.5. The molecule has 0 fully saturated rings. The molecule has 2 aromatic rings. The molecule has 0 saturated heterocycles. The fraction of sp³-hybridized carbons (Fsp3) is 0.200. The Balaban J connectivity index is 2.59. The number of anilines is 1. The first-order valence-corrected chi connectivity index (χ1v) is 6.98. The Hall–Kier alpha value is -2.14. The van der Waals surface area contributed by atoms with E-state index < -0.39 is 5.97 Å². The highest BCUT2D eigenvalue weighted by molar-refractivity contribution is 7.15. The quantitative estimate of drug-likeness (QED) is 0.905. The first-order valence-electron chi connectivity index (χ1n) is 6.10. The maximum Gasteiger partial charge on any atom is 0.339 e. The van der Waals surface area contributed by atoms with Gasteiger partial charge < -0.3 is 10.4 Å². The second kappa shape index (κ2) is 5.46. The molecule has 1 aromatic heterocycles. The minimum Gasteiger partial charge on any atom is -0.478 e. The summed E-state index contributed by atoms with van der Waals surface area (Å²) in [6, 6.07) is 5.87. The van der Waals surface area contributed by atoms with E-state index >= 15 is 0 Å². The molecule has 1 heterocycles. The van der Waals surface area contributed by atoms with Gasteiger partial charge >= 0.3 is 5.97 Å². The monoisotopic (exact) mass is 289 g/mol. The van der Waals surface area contributed by atoms with Crippen molar-refractivity contribution >= 4 is 28.2 Å². The number of amides is 1. The Morgan fingerprint density at radius 3 is 2.45 bits per heavy atom. The Bertz CT molecular complexity index is 688. The molecule has 1 aromatic carbocycles. The number of carboxylic acid groups (broad SMARTS) is 1. The molecule has 0 aliphatic heterocycles. The third-order valence-corrected chi connectivity index (χ3v) is 3.86. The highest BCUT2D eigenvalue weighted by Crippen LogP contribution is 2.37. The molecule has 4 nitrogen and oxygen atoms in total. The van der Waals surface area contributed by atoms with Crippen molar-refractivity contribution in [3.05, 3.63) is 40.3 Å². The van der Waals surface area contributed by atoms with Crippen molar-refractivity contribution in [2.24, 2.45) is 0 Å². The third-order valence-electron chi connectivity index (χ3n) is 2.97. The number of carboxylic acids is 1. The predicted molar refractivity (Wildman–Crippen MR) is 80.5 cm³/mol. The van der Waals surface area contributed by atoms with Gasteiger partial charge in [-0.15, -0.1) is 11.3 Å². The van der Waals surface area contributed by atoms with Crippen molar-refractivity contribution in [1.29, 1.82) is 0 Å². The average Bonchev–Trinajstić information content (AvgIpc) is 2.71. The van der Waals surface area contributed by atoms with Crippen LogP contribution in [0.15, 0.2) is 23.6 Å². The zero-order valence-corrected chi connectivity index (χ0v) is 12.3. The molecule has 5 heteroatoms. The standard InChI is InChI=1S/C15H15NO3S/c1-8-4-5-11(9(2)6-8)12-7-20-14(16-10(3)17)13(12)15(18)19/h4-7H,1-3H3,(H,16,17)(H,18,19). The molecule has 104 valence electrons. The molecule has 20 heavy (non-hydrogen) atoms. The number of carbonyl (C=O) groups excluding carboxylic acids is 1. The van der Waals surface area contributed by atoms with Crippen LogP contribution in [0.3, 0.4) is 0 Å². The van der Waals surface area contributed by atoms with Crippen molar-refractivity contribution in [3.63, 3.8) is 0 Å². The number of thiophene rings is 1. The van der Waals surface area contributed by atoms with Crippen molar-refractivity contribution < 1.29 is 14.7 Å². The SMILES string of the molecule is CC(=O)Nc1scc(-c2ccc(C)cc2C)c1C(=O)O. The van der Waals surface area contributed by atoms with Crippen LogP contribution in [0.2, 0.25) is 0 Å². The fourth-order valence-corrected chi connectivity index (χ4v) is 3.13. The number of hydrogen-bond donors (Lipinski definition) is 2. The van der Waals surface area contributed by atoms with E-state index in [9.17, 15) is 14.7 Å². The van der Waals surface area contributed by atoms with E-state index in [0.717, 1.165) is 16.7 Å². The minimum absolute atomic E-state index is 0.150. The molecule has 1 amide bonds. The van der Waals surface area contributed by atoms with Gasteiger partial charge in [-0.25, -0.2) is 4.79 Å². The van der Waals surface area contributed by atoms with E-state index in [1.807, 2.05) is 32.0 Å². The third kappa shape index (κ3) is 2.72. The summed E-state index contributed by atoms with van der Waals surface area (Å²) >= 11 is 1.23. The van der Waals surface area contributed by atoms with Gasteiger partial charge in [0.15, 0.2) is 0 Å². The van der Waals surface area contributed by atoms with E-state index in [-0.39, 0.29) is 11.5 Å². The van der Waals surface area contributed by atoms with Gasteiger partial charge in [0.25, 0.3) is 0 Å². The molecule has 0 spiro atoms. The zero-order chi connectivity index (χ0) is 14.9. The lowest BCUT2D eigenvalue weighted by Gasteiger charge is -2.08. The van der Waals surface area contributed by atoms with Crippen LogP contribution in [0.5, 0.6) is 0 Å². The van der Waals surface area contributed by atoms with Crippen LogP contribution in [0.25, 0.3) is 11.1 Å². The van der Waals surface area contributed by atoms with Gasteiger partial charge in [-0.2, -0.15) is 0 Å². The number of aromatic carboxylic acids is 1. The van der Waals surface area contributed by atoms with Gasteiger partial charge in [-0.3, -0.25) is 4.79 Å². The molecule has 0 atom stereocenters. The maximum atomic E-state index is 11.5. The van der Waals surface area contributed by atoms with Crippen molar-refractivity contribution in [2.45, 2.75) is 20.8 Å². The Kier molecular flexibility index (Phi) is 3.90. The van der Waals surface area contributed by atoms with Crippen LogP contribution in [-0.4, -0.2) is 17.0 Å². The van der Waals surface area contributed by atoms with E-state index in [1.54, 1.807) is 5.38 Å². The Labute approximate surface area is 121 Å². The van der Waals surface area contributed by atoms with Gasteiger partial charge in [-0.05, 0) is 25.0 Å². The normalized spacial score (nSPS) is 10.3. The van der Waals surface area contributed by atoms with Gasteiger partial charge in [0, 0.05) is 17.9 Å². The molecule has 0 radical (unpaired) electrons. The average molecular weight is 289 g/mol. The van der Waals surface area contributed by atoms with Crippen LogP contribution in [0.4, 0.5) is 5.00 Å². The lowest BCUT2D eigenvalue weighted by molar-refractivity contribution is -0.114. The van der Waals surface area contributed by atoms with Gasteiger partial charge in [0.05, 0.1) is 0 Å². The molecule has 0 aliphatic rings. The first-order chi connectivity index (χ1) is 9.40. The summed E-state index contributed by atoms with van der Waals surface area (Å²) in [6.07, 6.45) is 0. The number of aryl methyl sites for hydroxylation is 2. The minimum atomic E-state index is -1.04. The Morgan fingerprint density at radius 2 is 1.90 bits per heavy atom. The number of hydrogen-bond acceptors (Lipinski definition) is 3. The largest absolute Gasteiger partial charge is 0.478 e. The van der Waals surface area contributed by atoms with Crippen LogP contribution < -0.4 is 5.32 Å². The lowest BCUT2D eigenvalue weighted by Crippen LogP contribution is -2.09.